The lowest BCUT2D eigenvalue weighted by Gasteiger charge is -2.28. The maximum Gasteiger partial charge on any atom is 0.186 e. The molecule has 1 aliphatic rings. The Morgan fingerprint density at radius 1 is 1.29 bits per heavy atom. The molecule has 0 bridgehead atoms. The number of carbonyl (C=O) groups excluding carboxylic acids is 1. The Morgan fingerprint density at radius 2 is 2.12 bits per heavy atom. The van der Waals surface area contributed by atoms with Crippen LogP contribution in [0.4, 0.5) is 5.13 Å². The first-order valence-electron chi connectivity index (χ1n) is 5.59. The van der Waals surface area contributed by atoms with E-state index in [1.807, 2.05) is 0 Å². The summed E-state index contributed by atoms with van der Waals surface area (Å²) < 4.78 is 0. The summed E-state index contributed by atoms with van der Waals surface area (Å²) in [6.45, 7) is 1.87. The lowest BCUT2D eigenvalue weighted by Crippen LogP contribution is -2.30. The van der Waals surface area contributed by atoms with Gasteiger partial charge in [0.15, 0.2) is 11.4 Å². The molecule has 4 heteroatoms. The van der Waals surface area contributed by atoms with Crippen molar-refractivity contribution in [2.45, 2.75) is 13.0 Å². The van der Waals surface area contributed by atoms with Gasteiger partial charge >= 0.3 is 0 Å². The summed E-state index contributed by atoms with van der Waals surface area (Å²) in [6.07, 6.45) is 3.55. The lowest BCUT2D eigenvalue weighted by atomic mass is 10.0. The predicted octanol–water partition coefficient (Wildman–Crippen LogP) is 2.52. The molecule has 0 spiro atoms. The van der Waals surface area contributed by atoms with E-state index >= 15 is 0 Å². The minimum absolute atomic E-state index is 0.693. The SMILES string of the molecule is O=Cc1cnc(N2CCc3ccccc3C2)s1. The molecular weight excluding hydrogens is 232 g/mol. The number of hydrogen-bond acceptors (Lipinski definition) is 4. The van der Waals surface area contributed by atoms with Crippen LogP contribution in [0, 0.1) is 0 Å². The van der Waals surface area contributed by atoms with E-state index in [-0.39, 0.29) is 0 Å². The highest BCUT2D eigenvalue weighted by Crippen LogP contribution is 2.27. The van der Waals surface area contributed by atoms with Crippen LogP contribution >= 0.6 is 11.3 Å². The molecule has 2 aromatic rings. The third kappa shape index (κ3) is 1.96. The average Bonchev–Trinajstić information content (AvgIpc) is 2.87. The van der Waals surface area contributed by atoms with Crippen LogP contribution in [0.25, 0.3) is 0 Å². The number of hydrogen-bond donors (Lipinski definition) is 0. The monoisotopic (exact) mass is 244 g/mol. The summed E-state index contributed by atoms with van der Waals surface area (Å²) in [5.41, 5.74) is 2.79. The van der Waals surface area contributed by atoms with Crippen LogP contribution < -0.4 is 4.90 Å². The van der Waals surface area contributed by atoms with E-state index in [9.17, 15) is 4.79 Å². The first kappa shape index (κ1) is 10.5. The Balaban J connectivity index is 1.86. The van der Waals surface area contributed by atoms with E-state index in [1.165, 1.54) is 22.5 Å². The Hall–Kier alpha value is -1.68. The molecule has 1 aromatic carbocycles. The number of benzene rings is 1. The van der Waals surface area contributed by atoms with Gasteiger partial charge in [-0.05, 0) is 17.5 Å². The quantitative estimate of drug-likeness (QED) is 0.761. The zero-order chi connectivity index (χ0) is 11.7. The summed E-state index contributed by atoms with van der Waals surface area (Å²) in [7, 11) is 0. The van der Waals surface area contributed by atoms with Gasteiger partial charge in [-0.1, -0.05) is 35.6 Å². The molecule has 0 fully saturated rings. The second-order valence-electron chi connectivity index (χ2n) is 4.10. The highest BCUT2D eigenvalue weighted by Gasteiger charge is 2.18. The highest BCUT2D eigenvalue weighted by atomic mass is 32.1. The largest absolute Gasteiger partial charge is 0.343 e. The van der Waals surface area contributed by atoms with Gasteiger partial charge in [-0.15, -0.1) is 0 Å². The van der Waals surface area contributed by atoms with Crippen molar-refractivity contribution >= 4 is 22.8 Å². The van der Waals surface area contributed by atoms with Crippen molar-refractivity contribution in [1.29, 1.82) is 0 Å². The summed E-state index contributed by atoms with van der Waals surface area (Å²) in [5, 5.41) is 0.946. The van der Waals surface area contributed by atoms with E-state index < -0.39 is 0 Å². The van der Waals surface area contributed by atoms with Crippen LogP contribution in [-0.2, 0) is 13.0 Å². The first-order chi connectivity index (χ1) is 8.36. The first-order valence-corrected chi connectivity index (χ1v) is 6.41. The number of anilines is 1. The molecular formula is C13H12N2OS. The van der Waals surface area contributed by atoms with Gasteiger partial charge in [-0.25, -0.2) is 4.98 Å². The van der Waals surface area contributed by atoms with Gasteiger partial charge in [-0.2, -0.15) is 0 Å². The van der Waals surface area contributed by atoms with E-state index in [1.54, 1.807) is 6.20 Å². The molecule has 0 saturated heterocycles. The number of thiazole rings is 1. The second kappa shape index (κ2) is 4.30. The van der Waals surface area contributed by atoms with Crippen LogP contribution in [0.5, 0.6) is 0 Å². The number of aromatic nitrogens is 1. The average molecular weight is 244 g/mol. The Bertz CT molecular complexity index is 550. The summed E-state index contributed by atoms with van der Waals surface area (Å²) in [6, 6.07) is 8.50. The van der Waals surface area contributed by atoms with Gasteiger partial charge in [0, 0.05) is 13.1 Å². The maximum atomic E-state index is 10.7. The minimum atomic E-state index is 0.693. The molecule has 3 rings (SSSR count). The molecule has 0 radical (unpaired) electrons. The third-order valence-corrected chi connectivity index (χ3v) is 4.01. The molecule has 1 aromatic heterocycles. The zero-order valence-corrected chi connectivity index (χ0v) is 10.1. The normalized spacial score (nSPS) is 14.5. The van der Waals surface area contributed by atoms with Gasteiger partial charge in [0.1, 0.15) is 0 Å². The molecule has 17 heavy (non-hydrogen) atoms. The fraction of sp³-hybridized carbons (Fsp3) is 0.231. The molecule has 0 aliphatic carbocycles. The third-order valence-electron chi connectivity index (χ3n) is 3.03. The molecule has 0 amide bonds. The summed E-state index contributed by atoms with van der Waals surface area (Å²) >= 11 is 1.46. The number of rotatable bonds is 2. The lowest BCUT2D eigenvalue weighted by molar-refractivity contribution is 0.112. The summed E-state index contributed by atoms with van der Waals surface area (Å²) in [5.74, 6) is 0. The number of aldehydes is 1. The van der Waals surface area contributed by atoms with Crippen LogP contribution in [0.15, 0.2) is 30.5 Å². The zero-order valence-electron chi connectivity index (χ0n) is 9.30. The maximum absolute atomic E-state index is 10.7. The molecule has 0 unspecified atom stereocenters. The van der Waals surface area contributed by atoms with Gasteiger partial charge in [0.25, 0.3) is 0 Å². The van der Waals surface area contributed by atoms with Gasteiger partial charge < -0.3 is 4.90 Å². The number of fused-ring (bicyclic) bond motifs is 1. The molecule has 86 valence electrons. The molecule has 0 saturated carbocycles. The Kier molecular flexibility index (Phi) is 2.65. The van der Waals surface area contributed by atoms with Crippen LogP contribution in [0.2, 0.25) is 0 Å². The molecule has 0 N–H and O–H groups in total. The number of nitrogens with zero attached hydrogens (tertiary/aromatic N) is 2. The number of carbonyl (C=O) groups is 1. The predicted molar refractivity (Wildman–Crippen MR) is 68.7 cm³/mol. The smallest absolute Gasteiger partial charge is 0.186 e. The Labute approximate surface area is 104 Å². The van der Waals surface area contributed by atoms with Gasteiger partial charge in [-0.3, -0.25) is 4.79 Å². The van der Waals surface area contributed by atoms with E-state index in [4.69, 9.17) is 0 Å². The van der Waals surface area contributed by atoms with Crippen molar-refractivity contribution in [3.63, 3.8) is 0 Å². The van der Waals surface area contributed by atoms with E-state index in [0.29, 0.717) is 4.88 Å². The van der Waals surface area contributed by atoms with Crippen molar-refractivity contribution in [2.75, 3.05) is 11.4 Å². The summed E-state index contributed by atoms with van der Waals surface area (Å²) in [4.78, 5) is 17.9. The van der Waals surface area contributed by atoms with Crippen molar-refractivity contribution < 1.29 is 4.79 Å². The molecule has 0 atom stereocenters. The van der Waals surface area contributed by atoms with Gasteiger partial charge in [0.05, 0.1) is 11.1 Å². The fourth-order valence-corrected chi connectivity index (χ4v) is 2.89. The van der Waals surface area contributed by atoms with Crippen molar-refractivity contribution in [1.82, 2.24) is 4.98 Å². The standard InChI is InChI=1S/C13H12N2OS/c16-9-12-7-14-13(17-12)15-6-5-10-3-1-2-4-11(10)8-15/h1-4,7,9H,5-6,8H2. The highest BCUT2D eigenvalue weighted by molar-refractivity contribution is 7.17. The topological polar surface area (TPSA) is 33.2 Å². The van der Waals surface area contributed by atoms with Gasteiger partial charge in [0.2, 0.25) is 0 Å². The van der Waals surface area contributed by atoms with E-state index in [2.05, 4.69) is 34.1 Å². The fourth-order valence-electron chi connectivity index (χ4n) is 2.14. The molecule has 1 aliphatic heterocycles. The van der Waals surface area contributed by atoms with Crippen LogP contribution in [0.3, 0.4) is 0 Å². The van der Waals surface area contributed by atoms with Crippen molar-refractivity contribution in [3.05, 3.63) is 46.5 Å². The van der Waals surface area contributed by atoms with E-state index in [0.717, 1.165) is 30.9 Å². The van der Waals surface area contributed by atoms with Crippen molar-refractivity contribution in [3.8, 4) is 0 Å². The Morgan fingerprint density at radius 3 is 2.88 bits per heavy atom. The van der Waals surface area contributed by atoms with Crippen molar-refractivity contribution in [2.24, 2.45) is 0 Å². The molecule has 3 nitrogen and oxygen atoms in total. The molecule has 2 heterocycles. The van der Waals surface area contributed by atoms with Crippen LogP contribution in [0.1, 0.15) is 20.8 Å². The minimum Gasteiger partial charge on any atom is -0.343 e. The second-order valence-corrected chi connectivity index (χ2v) is 5.14. The van der Waals surface area contributed by atoms with Crippen LogP contribution in [-0.4, -0.2) is 17.8 Å².